The van der Waals surface area contributed by atoms with Gasteiger partial charge in [-0.3, -0.25) is 28.9 Å². The van der Waals surface area contributed by atoms with E-state index < -0.39 is 99.9 Å². The average molecular weight is 701 g/mol. The van der Waals surface area contributed by atoms with Crippen LogP contribution in [-0.4, -0.2) is 114 Å². The molecule has 15 heteroatoms. The van der Waals surface area contributed by atoms with Gasteiger partial charge in [-0.15, -0.1) is 0 Å². The topological polar surface area (TPSA) is 217 Å². The van der Waals surface area contributed by atoms with E-state index in [4.69, 9.17) is 15.2 Å². The molecular formula is C35H48N4O11. The van der Waals surface area contributed by atoms with E-state index in [1.807, 2.05) is 20.8 Å². The van der Waals surface area contributed by atoms with Gasteiger partial charge in [0.25, 0.3) is 5.91 Å². The third-order valence-electron chi connectivity index (χ3n) is 9.60. The van der Waals surface area contributed by atoms with Crippen LogP contribution in [0.5, 0.6) is 5.75 Å². The van der Waals surface area contributed by atoms with Crippen molar-refractivity contribution in [2.75, 3.05) is 46.4 Å². The van der Waals surface area contributed by atoms with Gasteiger partial charge < -0.3 is 40.3 Å². The van der Waals surface area contributed by atoms with Crippen LogP contribution in [0.15, 0.2) is 17.4 Å². The lowest BCUT2D eigenvalue weighted by molar-refractivity contribution is -0.163. The van der Waals surface area contributed by atoms with E-state index in [1.54, 1.807) is 38.9 Å². The number of nitrogens with zero attached hydrogens (tertiary/aromatic N) is 3. The number of anilines is 1. The highest BCUT2D eigenvalue weighted by Gasteiger charge is 2.66. The van der Waals surface area contributed by atoms with E-state index in [0.29, 0.717) is 11.3 Å². The van der Waals surface area contributed by atoms with Crippen molar-refractivity contribution < 1.29 is 53.6 Å². The van der Waals surface area contributed by atoms with Gasteiger partial charge in [0.15, 0.2) is 23.0 Å². The van der Waals surface area contributed by atoms with Crippen LogP contribution in [-0.2, 0) is 41.6 Å². The summed E-state index contributed by atoms with van der Waals surface area (Å²) in [6.07, 6.45) is -0.788. The van der Waals surface area contributed by atoms with Crippen LogP contribution in [0.4, 0.5) is 10.5 Å². The fourth-order valence-electron chi connectivity index (χ4n) is 7.44. The van der Waals surface area contributed by atoms with Crippen LogP contribution in [0.3, 0.4) is 0 Å². The fourth-order valence-corrected chi connectivity index (χ4v) is 7.44. The zero-order valence-corrected chi connectivity index (χ0v) is 30.0. The van der Waals surface area contributed by atoms with Crippen molar-refractivity contribution in [1.82, 2.24) is 9.80 Å². The molecule has 0 spiro atoms. The first-order valence-corrected chi connectivity index (χ1v) is 16.4. The second-order valence-electron chi connectivity index (χ2n) is 15.4. The first kappa shape index (κ1) is 38.3. The molecule has 274 valence electrons. The average Bonchev–Trinajstić information content (AvgIpc) is 2.98. The molecule has 0 radical (unpaired) electrons. The predicted octanol–water partition coefficient (Wildman–Crippen LogP) is 1.70. The number of ketones is 3. The number of ether oxygens (including phenoxy) is 2. The number of aliphatic hydroxyl groups excluding tert-OH is 1. The summed E-state index contributed by atoms with van der Waals surface area (Å²) in [5, 5.41) is 34.7. The van der Waals surface area contributed by atoms with Gasteiger partial charge in [-0.05, 0) is 49.9 Å². The quantitative estimate of drug-likeness (QED) is 0.125. The normalized spacial score (nSPS) is 24.8. The van der Waals surface area contributed by atoms with Crippen molar-refractivity contribution in [3.05, 3.63) is 34.1 Å². The molecule has 4 rings (SSSR count). The van der Waals surface area contributed by atoms with E-state index in [0.717, 1.165) is 0 Å². The smallest absolute Gasteiger partial charge is 0.412 e. The number of aromatic hydroxyl groups is 1. The summed E-state index contributed by atoms with van der Waals surface area (Å²) in [6.45, 7) is 8.21. The molecule has 0 aromatic heterocycles. The number of carbonyl (C=O) groups is 6. The Hall–Kier alpha value is -4.50. The molecule has 1 saturated carbocycles. The number of esters is 1. The number of phenolic OH excluding ortho intramolecular Hbond substituents is 1. The van der Waals surface area contributed by atoms with E-state index in [2.05, 4.69) is 0 Å². The van der Waals surface area contributed by atoms with Crippen LogP contribution in [0.2, 0.25) is 0 Å². The van der Waals surface area contributed by atoms with Gasteiger partial charge in [0, 0.05) is 37.8 Å². The molecule has 3 unspecified atom stereocenters. The highest BCUT2D eigenvalue weighted by molar-refractivity contribution is 6.25. The lowest BCUT2D eigenvalue weighted by Gasteiger charge is -2.52. The predicted molar refractivity (Wildman–Crippen MR) is 179 cm³/mol. The van der Waals surface area contributed by atoms with E-state index in [1.165, 1.54) is 23.9 Å². The molecule has 15 nitrogen and oxygen atoms in total. The van der Waals surface area contributed by atoms with Crippen molar-refractivity contribution in [2.45, 2.75) is 65.6 Å². The second-order valence-corrected chi connectivity index (χ2v) is 15.4. The van der Waals surface area contributed by atoms with Crippen molar-refractivity contribution in [3.63, 3.8) is 0 Å². The van der Waals surface area contributed by atoms with Gasteiger partial charge in [-0.25, -0.2) is 4.79 Å². The van der Waals surface area contributed by atoms with Crippen LogP contribution < -0.4 is 10.6 Å². The Morgan fingerprint density at radius 2 is 1.66 bits per heavy atom. The maximum Gasteiger partial charge on any atom is 0.412 e. The van der Waals surface area contributed by atoms with Gasteiger partial charge in [-0.2, -0.15) is 0 Å². The lowest BCUT2D eigenvalue weighted by atomic mass is 9.54. The molecule has 2 amide bonds. The fraction of sp³-hybridized carbons (Fsp3) is 0.600. The van der Waals surface area contributed by atoms with Crippen LogP contribution in [0.1, 0.15) is 62.5 Å². The number of aliphatic hydroxyl groups is 2. The Balaban J connectivity index is 1.80. The maximum absolute atomic E-state index is 14.4. The largest absolute Gasteiger partial charge is 0.508 e. The number of hydrogen-bond acceptors (Lipinski definition) is 13. The van der Waals surface area contributed by atoms with Crippen LogP contribution in [0.25, 0.3) is 0 Å². The molecule has 5 atom stereocenters. The van der Waals surface area contributed by atoms with Crippen molar-refractivity contribution in [1.29, 1.82) is 0 Å². The molecule has 1 fully saturated rings. The molecule has 0 heterocycles. The number of hydrogen-bond donors (Lipinski definition) is 4. The first-order valence-electron chi connectivity index (χ1n) is 16.4. The minimum atomic E-state index is -2.77. The number of benzene rings is 1. The summed E-state index contributed by atoms with van der Waals surface area (Å²) >= 11 is 0. The second kappa shape index (κ2) is 13.7. The molecule has 3 aliphatic carbocycles. The monoisotopic (exact) mass is 700 g/mol. The summed E-state index contributed by atoms with van der Waals surface area (Å²) in [6, 6.07) is 0.441. The Bertz CT molecular complexity index is 1660. The number of rotatable bonds is 9. The minimum Gasteiger partial charge on any atom is -0.508 e. The van der Waals surface area contributed by atoms with Crippen LogP contribution in [0, 0.1) is 29.1 Å². The van der Waals surface area contributed by atoms with Gasteiger partial charge in [-0.1, -0.05) is 34.6 Å². The summed E-state index contributed by atoms with van der Waals surface area (Å²) in [5.41, 5.74) is 2.25. The summed E-state index contributed by atoms with van der Waals surface area (Å²) in [5.74, 6) is -10.2. The molecule has 50 heavy (non-hydrogen) atoms. The van der Waals surface area contributed by atoms with E-state index in [9.17, 15) is 44.1 Å². The standard InChI is InChI=1S/C35H48N4O11/c1-16(2)32(46)49-15-50-33(47)39(14-34(3,4)5)13-18-12-21(37(6)7)19-10-17-11-20-25(38(8)9)28(42)24(31(36)45)30(44)35(20,48)29(43)22(17)27(41)23(19)26(18)40/h12,16-17,20,22,25,40,44,48H,10-11,13-15H2,1-9H3,(H2,36,45)/t17?,20?,22?,25-,35-/m0/s1. The lowest BCUT2D eigenvalue weighted by Crippen LogP contribution is -2.68. The molecular weight excluding hydrogens is 652 g/mol. The Morgan fingerprint density at radius 3 is 2.18 bits per heavy atom. The zero-order chi connectivity index (χ0) is 37.8. The molecule has 3 aliphatic rings. The number of phenols is 1. The number of nitrogens with two attached hydrogens (primary N) is 1. The SMILES string of the molecule is CC(C)C(=O)OCOC(=O)N(Cc1cc(N(C)C)c2c(c1O)C(=O)C1C(=O)[C@]3(O)C(O)=C(C(N)=O)C(=O)[C@@H](N(C)C)C3CC1C2)CC(C)(C)C. The molecule has 5 N–H and O–H groups in total. The molecule has 1 aromatic rings. The Kier molecular flexibility index (Phi) is 10.5. The van der Waals surface area contributed by atoms with Gasteiger partial charge in [0.2, 0.25) is 6.79 Å². The maximum atomic E-state index is 14.4. The summed E-state index contributed by atoms with van der Waals surface area (Å²) in [4.78, 5) is 83.9. The molecule has 0 bridgehead atoms. The Morgan fingerprint density at radius 1 is 1.04 bits per heavy atom. The number of Topliss-reactive ketones (excluding diaryl/α,β-unsaturated/α-hetero) is 3. The molecule has 0 aliphatic heterocycles. The van der Waals surface area contributed by atoms with Crippen LogP contribution >= 0.6 is 0 Å². The van der Waals surface area contributed by atoms with E-state index in [-0.39, 0.29) is 37.1 Å². The summed E-state index contributed by atoms with van der Waals surface area (Å²) < 4.78 is 10.2. The van der Waals surface area contributed by atoms with Crippen molar-refractivity contribution >= 4 is 41.0 Å². The number of likely N-dealkylation sites (N-methyl/N-ethyl adjacent to an activating group) is 1. The van der Waals surface area contributed by atoms with Gasteiger partial charge in [0.1, 0.15) is 17.1 Å². The minimum absolute atomic E-state index is 0.0509. The van der Waals surface area contributed by atoms with Crippen molar-refractivity contribution in [3.8, 4) is 5.75 Å². The number of carbonyl (C=O) groups excluding carboxylic acids is 6. The van der Waals surface area contributed by atoms with Gasteiger partial charge >= 0.3 is 12.1 Å². The number of amides is 2. The van der Waals surface area contributed by atoms with Crippen molar-refractivity contribution in [2.24, 2.45) is 34.8 Å². The number of fused-ring (bicyclic) bond motifs is 3. The molecule has 0 saturated heterocycles. The molecule has 1 aromatic carbocycles. The Labute approximate surface area is 291 Å². The van der Waals surface area contributed by atoms with Gasteiger partial charge in [0.05, 0.1) is 30.0 Å². The third-order valence-corrected chi connectivity index (χ3v) is 9.60. The zero-order valence-electron chi connectivity index (χ0n) is 30.0. The van der Waals surface area contributed by atoms with E-state index >= 15 is 0 Å². The number of primary amides is 1. The highest BCUT2D eigenvalue weighted by atomic mass is 16.7. The first-order chi connectivity index (χ1) is 23.0. The summed E-state index contributed by atoms with van der Waals surface area (Å²) in [7, 11) is 6.53. The third kappa shape index (κ3) is 6.67. The highest BCUT2D eigenvalue weighted by Crippen LogP contribution is 2.53.